The maximum Gasteiger partial charge on any atom is 0.243 e. The number of hydrogen-bond acceptors (Lipinski definition) is 2. The Morgan fingerprint density at radius 2 is 1.89 bits per heavy atom. The molecule has 3 nitrogen and oxygen atoms in total. The Kier molecular flexibility index (Phi) is 4.58. The van der Waals surface area contributed by atoms with Gasteiger partial charge in [-0.15, -0.1) is 0 Å². The van der Waals surface area contributed by atoms with Crippen LogP contribution < -0.4 is 10.2 Å². The number of carbonyl (C=O) groups excluding carboxylic acids is 1. The molecule has 0 atom stereocenters. The Morgan fingerprint density at radius 3 is 2.58 bits per heavy atom. The fourth-order valence-electron chi connectivity index (χ4n) is 1.76. The van der Waals surface area contributed by atoms with Gasteiger partial charge in [-0.2, -0.15) is 0 Å². The van der Waals surface area contributed by atoms with Crippen molar-refractivity contribution < 1.29 is 4.79 Å². The lowest BCUT2D eigenvalue weighted by atomic mass is 10.3. The van der Waals surface area contributed by atoms with Gasteiger partial charge in [0.1, 0.15) is 0 Å². The number of nitrogens with zero attached hydrogens (tertiary/aromatic N) is 1. The van der Waals surface area contributed by atoms with Gasteiger partial charge in [0.25, 0.3) is 0 Å². The zero-order chi connectivity index (χ0) is 13.7. The molecule has 4 heteroatoms. The van der Waals surface area contributed by atoms with Crippen LogP contribution in [-0.4, -0.2) is 19.5 Å². The second kappa shape index (κ2) is 6.38. The van der Waals surface area contributed by atoms with E-state index in [1.54, 1.807) is 0 Å². The Hall–Kier alpha value is -1.81. The summed E-state index contributed by atoms with van der Waals surface area (Å²) >= 11 is 3.38. The summed E-state index contributed by atoms with van der Waals surface area (Å²) in [4.78, 5) is 13.8. The molecule has 2 aromatic carbocycles. The largest absolute Gasteiger partial charge is 0.365 e. The van der Waals surface area contributed by atoms with Gasteiger partial charge in [0.15, 0.2) is 0 Å². The van der Waals surface area contributed by atoms with Crippen LogP contribution in [0.2, 0.25) is 0 Å². The van der Waals surface area contributed by atoms with Gasteiger partial charge in [-0.05, 0) is 30.3 Å². The molecule has 0 bridgehead atoms. The standard InChI is InChI=1S/C15H15BrN2O/c1-18(14-8-3-2-4-9-14)11-15(19)17-13-7-5-6-12(16)10-13/h2-10H,11H2,1H3,(H,17,19). The molecule has 0 spiro atoms. The van der Waals surface area contributed by atoms with Crippen molar-refractivity contribution in [3.63, 3.8) is 0 Å². The molecule has 0 aliphatic carbocycles. The first-order valence-corrected chi connectivity index (χ1v) is 6.76. The van der Waals surface area contributed by atoms with Crippen LogP contribution in [0.4, 0.5) is 11.4 Å². The van der Waals surface area contributed by atoms with E-state index >= 15 is 0 Å². The fourth-order valence-corrected chi connectivity index (χ4v) is 2.16. The van der Waals surface area contributed by atoms with E-state index in [2.05, 4.69) is 21.2 Å². The summed E-state index contributed by atoms with van der Waals surface area (Å²) in [6.45, 7) is 0.316. The monoisotopic (exact) mass is 318 g/mol. The third kappa shape index (κ3) is 4.10. The lowest BCUT2D eigenvalue weighted by Gasteiger charge is -2.18. The normalized spacial score (nSPS) is 10.0. The Labute approximate surface area is 121 Å². The van der Waals surface area contributed by atoms with Crippen LogP contribution in [0, 0.1) is 0 Å². The maximum atomic E-state index is 11.9. The van der Waals surface area contributed by atoms with Crippen molar-refractivity contribution in [3.8, 4) is 0 Å². The molecular weight excluding hydrogens is 304 g/mol. The van der Waals surface area contributed by atoms with E-state index in [-0.39, 0.29) is 5.91 Å². The zero-order valence-corrected chi connectivity index (χ0v) is 12.2. The zero-order valence-electron chi connectivity index (χ0n) is 10.6. The van der Waals surface area contributed by atoms with E-state index in [0.717, 1.165) is 15.8 Å². The summed E-state index contributed by atoms with van der Waals surface area (Å²) in [6.07, 6.45) is 0. The minimum Gasteiger partial charge on any atom is -0.365 e. The molecule has 0 fully saturated rings. The molecule has 0 heterocycles. The summed E-state index contributed by atoms with van der Waals surface area (Å²) in [5.74, 6) is -0.0375. The van der Waals surface area contributed by atoms with Gasteiger partial charge in [-0.1, -0.05) is 40.2 Å². The summed E-state index contributed by atoms with van der Waals surface area (Å²) in [7, 11) is 1.90. The second-order valence-corrected chi connectivity index (χ2v) is 5.17. The molecule has 1 N–H and O–H groups in total. The number of likely N-dealkylation sites (N-methyl/N-ethyl adjacent to an activating group) is 1. The van der Waals surface area contributed by atoms with E-state index in [9.17, 15) is 4.79 Å². The lowest BCUT2D eigenvalue weighted by Crippen LogP contribution is -2.29. The molecule has 0 radical (unpaired) electrons. The molecule has 0 aliphatic rings. The average Bonchev–Trinajstić information content (AvgIpc) is 2.39. The van der Waals surface area contributed by atoms with Crippen LogP contribution in [0.3, 0.4) is 0 Å². The minimum atomic E-state index is -0.0375. The van der Waals surface area contributed by atoms with Crippen LogP contribution in [0.1, 0.15) is 0 Å². The van der Waals surface area contributed by atoms with Crippen LogP contribution in [0.5, 0.6) is 0 Å². The minimum absolute atomic E-state index is 0.0375. The van der Waals surface area contributed by atoms with E-state index in [4.69, 9.17) is 0 Å². The molecule has 2 rings (SSSR count). The van der Waals surface area contributed by atoms with Gasteiger partial charge >= 0.3 is 0 Å². The van der Waals surface area contributed by atoms with Crippen molar-refractivity contribution in [2.75, 3.05) is 23.8 Å². The van der Waals surface area contributed by atoms with E-state index in [0.29, 0.717) is 6.54 Å². The third-order valence-electron chi connectivity index (χ3n) is 2.69. The van der Waals surface area contributed by atoms with Gasteiger partial charge in [0.2, 0.25) is 5.91 Å². The third-order valence-corrected chi connectivity index (χ3v) is 3.18. The van der Waals surface area contributed by atoms with Crippen molar-refractivity contribution in [2.45, 2.75) is 0 Å². The molecule has 2 aromatic rings. The van der Waals surface area contributed by atoms with Crippen molar-refractivity contribution in [1.82, 2.24) is 0 Å². The highest BCUT2D eigenvalue weighted by Crippen LogP contribution is 2.16. The predicted molar refractivity (Wildman–Crippen MR) is 82.5 cm³/mol. The molecule has 0 aliphatic heterocycles. The molecule has 0 saturated carbocycles. The molecule has 0 saturated heterocycles. The maximum absolute atomic E-state index is 11.9. The first-order valence-electron chi connectivity index (χ1n) is 5.97. The quantitative estimate of drug-likeness (QED) is 0.935. The SMILES string of the molecule is CN(CC(=O)Nc1cccc(Br)c1)c1ccccc1. The summed E-state index contributed by atoms with van der Waals surface area (Å²) in [6, 6.07) is 17.4. The summed E-state index contributed by atoms with van der Waals surface area (Å²) in [5.41, 5.74) is 1.81. The number of nitrogens with one attached hydrogen (secondary N) is 1. The van der Waals surface area contributed by atoms with Crippen LogP contribution in [0.15, 0.2) is 59.1 Å². The van der Waals surface area contributed by atoms with Crippen LogP contribution >= 0.6 is 15.9 Å². The highest BCUT2D eigenvalue weighted by Gasteiger charge is 2.07. The number of carbonyl (C=O) groups is 1. The smallest absolute Gasteiger partial charge is 0.243 e. The van der Waals surface area contributed by atoms with Gasteiger partial charge in [-0.25, -0.2) is 0 Å². The highest BCUT2D eigenvalue weighted by atomic mass is 79.9. The first kappa shape index (κ1) is 13.6. The van der Waals surface area contributed by atoms with Gasteiger partial charge in [0.05, 0.1) is 6.54 Å². The predicted octanol–water partition coefficient (Wildman–Crippen LogP) is 3.52. The number of para-hydroxylation sites is 1. The Balaban J connectivity index is 1.95. The second-order valence-electron chi connectivity index (χ2n) is 4.25. The molecule has 0 unspecified atom stereocenters. The number of rotatable bonds is 4. The number of anilines is 2. The van der Waals surface area contributed by atoms with Gasteiger partial charge in [-0.3, -0.25) is 4.79 Å². The molecule has 1 amide bonds. The van der Waals surface area contributed by atoms with E-state index in [1.807, 2.05) is 66.5 Å². The summed E-state index contributed by atoms with van der Waals surface area (Å²) < 4.78 is 0.946. The lowest BCUT2D eigenvalue weighted by molar-refractivity contribution is -0.114. The number of amides is 1. The topological polar surface area (TPSA) is 32.3 Å². The van der Waals surface area contributed by atoms with Crippen molar-refractivity contribution >= 4 is 33.2 Å². The molecular formula is C15H15BrN2O. The van der Waals surface area contributed by atoms with Crippen LogP contribution in [-0.2, 0) is 4.79 Å². The number of benzene rings is 2. The molecule has 0 aromatic heterocycles. The van der Waals surface area contributed by atoms with E-state index in [1.165, 1.54) is 0 Å². The number of halogens is 1. The molecule has 19 heavy (non-hydrogen) atoms. The Morgan fingerprint density at radius 1 is 1.16 bits per heavy atom. The first-order chi connectivity index (χ1) is 9.15. The molecule has 98 valence electrons. The number of hydrogen-bond donors (Lipinski definition) is 1. The van der Waals surface area contributed by atoms with E-state index < -0.39 is 0 Å². The average molecular weight is 319 g/mol. The van der Waals surface area contributed by atoms with Gasteiger partial charge < -0.3 is 10.2 Å². The Bertz CT molecular complexity index is 557. The van der Waals surface area contributed by atoms with Crippen LogP contribution in [0.25, 0.3) is 0 Å². The van der Waals surface area contributed by atoms with Crippen molar-refractivity contribution in [1.29, 1.82) is 0 Å². The van der Waals surface area contributed by atoms with Crippen molar-refractivity contribution in [3.05, 3.63) is 59.1 Å². The highest BCUT2D eigenvalue weighted by molar-refractivity contribution is 9.10. The fraction of sp³-hybridized carbons (Fsp3) is 0.133. The van der Waals surface area contributed by atoms with Gasteiger partial charge in [0, 0.05) is 22.9 Å². The van der Waals surface area contributed by atoms with Crippen molar-refractivity contribution in [2.24, 2.45) is 0 Å². The summed E-state index contributed by atoms with van der Waals surface area (Å²) in [5, 5.41) is 2.87.